The molecule has 0 radical (unpaired) electrons. The van der Waals surface area contributed by atoms with Gasteiger partial charge in [-0.15, -0.1) is 0 Å². The van der Waals surface area contributed by atoms with Gasteiger partial charge in [-0.1, -0.05) is 30.3 Å². The lowest BCUT2D eigenvalue weighted by Gasteiger charge is -2.41. The Hall–Kier alpha value is -2.11. The Labute approximate surface area is 180 Å². The van der Waals surface area contributed by atoms with Crippen molar-refractivity contribution in [3.05, 3.63) is 59.5 Å². The number of carbonyl (C=O) groups excluding carboxylic acids is 1. The van der Waals surface area contributed by atoms with E-state index < -0.39 is 0 Å². The Bertz CT molecular complexity index is 796. The summed E-state index contributed by atoms with van der Waals surface area (Å²) < 4.78 is 5.73. The van der Waals surface area contributed by atoms with E-state index in [1.165, 1.54) is 18.4 Å². The fourth-order valence-electron chi connectivity index (χ4n) is 4.90. The van der Waals surface area contributed by atoms with Gasteiger partial charge in [0.15, 0.2) is 0 Å². The topological polar surface area (TPSA) is 48.7 Å². The molecule has 0 aliphatic carbocycles. The van der Waals surface area contributed by atoms with Crippen molar-refractivity contribution in [2.24, 2.45) is 5.92 Å². The molecule has 5 heteroatoms. The average molecular weight is 410 g/mol. The molecule has 2 fully saturated rings. The summed E-state index contributed by atoms with van der Waals surface area (Å²) in [6, 6.07) is 15.1. The minimum atomic E-state index is 0.138. The summed E-state index contributed by atoms with van der Waals surface area (Å²) >= 11 is 0. The van der Waals surface area contributed by atoms with Crippen molar-refractivity contribution in [2.45, 2.75) is 51.6 Å². The van der Waals surface area contributed by atoms with Gasteiger partial charge in [-0.05, 0) is 63.3 Å². The highest BCUT2D eigenvalue weighted by atomic mass is 16.3. The largest absolute Gasteiger partial charge is 0.465 e. The number of carbonyl (C=O) groups is 1. The number of rotatable bonds is 7. The molecule has 2 aromatic rings. The number of furan rings is 1. The van der Waals surface area contributed by atoms with E-state index in [4.69, 9.17) is 4.42 Å². The number of hydrogen-bond acceptors (Lipinski definition) is 4. The first-order chi connectivity index (χ1) is 14.7. The zero-order valence-corrected chi connectivity index (χ0v) is 18.2. The van der Waals surface area contributed by atoms with Crippen molar-refractivity contribution in [3.63, 3.8) is 0 Å². The number of nitrogens with one attached hydrogen (secondary N) is 1. The highest BCUT2D eigenvalue weighted by molar-refractivity contribution is 5.79. The van der Waals surface area contributed by atoms with Crippen molar-refractivity contribution in [3.8, 4) is 0 Å². The summed E-state index contributed by atoms with van der Waals surface area (Å²) in [5.41, 5.74) is 1.28. The van der Waals surface area contributed by atoms with Crippen LogP contribution >= 0.6 is 0 Å². The molecule has 1 aromatic carbocycles. The maximum absolute atomic E-state index is 12.7. The van der Waals surface area contributed by atoms with E-state index in [1.807, 2.05) is 19.1 Å². The number of likely N-dealkylation sites (tertiary alicyclic amines) is 2. The first-order valence-electron chi connectivity index (χ1n) is 11.5. The number of piperidine rings is 2. The van der Waals surface area contributed by atoms with Crippen LogP contribution < -0.4 is 5.32 Å². The van der Waals surface area contributed by atoms with Gasteiger partial charge in [-0.2, -0.15) is 0 Å². The van der Waals surface area contributed by atoms with Crippen molar-refractivity contribution >= 4 is 5.91 Å². The standard InChI is InChI=1S/C25H35N3O2/c1-20-9-10-24(30-20)19-27-16-12-23(13-17-27)28-15-5-8-22(18-28)25(29)26-14-11-21-6-3-2-4-7-21/h2-4,6-7,9-10,22-23H,5,8,11-19H2,1H3,(H,26,29)/t22-/m0/s1. The van der Waals surface area contributed by atoms with Gasteiger partial charge in [0.25, 0.3) is 0 Å². The second kappa shape index (κ2) is 10.3. The molecule has 0 bridgehead atoms. The number of benzene rings is 1. The molecule has 5 nitrogen and oxygen atoms in total. The molecule has 2 aliphatic rings. The van der Waals surface area contributed by atoms with Gasteiger partial charge < -0.3 is 9.73 Å². The molecule has 0 saturated carbocycles. The number of nitrogens with zero attached hydrogens (tertiary/aromatic N) is 2. The Morgan fingerprint density at radius 3 is 2.60 bits per heavy atom. The summed E-state index contributed by atoms with van der Waals surface area (Å²) in [4.78, 5) is 17.8. The van der Waals surface area contributed by atoms with Crippen LogP contribution in [-0.4, -0.2) is 54.5 Å². The van der Waals surface area contributed by atoms with Crippen LogP contribution in [0.2, 0.25) is 0 Å². The molecule has 2 saturated heterocycles. The summed E-state index contributed by atoms with van der Waals surface area (Å²) in [6.45, 7) is 7.90. The molecule has 3 heterocycles. The van der Waals surface area contributed by atoms with Crippen molar-refractivity contribution < 1.29 is 9.21 Å². The van der Waals surface area contributed by atoms with Crippen molar-refractivity contribution in [1.82, 2.24) is 15.1 Å². The second-order valence-corrected chi connectivity index (χ2v) is 8.88. The molecule has 4 rings (SSSR count). The van der Waals surface area contributed by atoms with Crippen LogP contribution in [-0.2, 0) is 17.8 Å². The van der Waals surface area contributed by atoms with E-state index >= 15 is 0 Å². The van der Waals surface area contributed by atoms with Gasteiger partial charge in [0.2, 0.25) is 5.91 Å². The van der Waals surface area contributed by atoms with E-state index in [0.29, 0.717) is 6.04 Å². The molecular weight excluding hydrogens is 374 g/mol. The predicted molar refractivity (Wildman–Crippen MR) is 119 cm³/mol. The first-order valence-corrected chi connectivity index (χ1v) is 11.5. The quantitative estimate of drug-likeness (QED) is 0.759. The van der Waals surface area contributed by atoms with Crippen LogP contribution in [0, 0.1) is 12.8 Å². The van der Waals surface area contributed by atoms with E-state index in [9.17, 15) is 4.79 Å². The summed E-state index contributed by atoms with van der Waals surface area (Å²) in [5, 5.41) is 3.18. The summed E-state index contributed by atoms with van der Waals surface area (Å²) in [5.74, 6) is 2.43. The Balaban J connectivity index is 1.19. The minimum Gasteiger partial charge on any atom is -0.465 e. The van der Waals surface area contributed by atoms with Crippen LogP contribution in [0.4, 0.5) is 0 Å². The molecule has 1 N–H and O–H groups in total. The predicted octanol–water partition coefficient (Wildman–Crippen LogP) is 3.62. The SMILES string of the molecule is Cc1ccc(CN2CCC(N3CCC[C@H](C(=O)NCCc4ccccc4)C3)CC2)o1. The first kappa shape index (κ1) is 21.1. The van der Waals surface area contributed by atoms with Crippen LogP contribution in [0.25, 0.3) is 0 Å². The molecule has 0 unspecified atom stereocenters. The maximum atomic E-state index is 12.7. The highest BCUT2D eigenvalue weighted by Gasteiger charge is 2.31. The van der Waals surface area contributed by atoms with Gasteiger partial charge in [0, 0.05) is 32.2 Å². The van der Waals surface area contributed by atoms with E-state index in [0.717, 1.165) is 70.1 Å². The van der Waals surface area contributed by atoms with Crippen molar-refractivity contribution in [1.29, 1.82) is 0 Å². The molecule has 2 aliphatic heterocycles. The summed E-state index contributed by atoms with van der Waals surface area (Å²) in [7, 11) is 0. The highest BCUT2D eigenvalue weighted by Crippen LogP contribution is 2.25. The van der Waals surface area contributed by atoms with E-state index in [-0.39, 0.29) is 11.8 Å². The van der Waals surface area contributed by atoms with Crippen LogP contribution in [0.1, 0.15) is 42.8 Å². The van der Waals surface area contributed by atoms with Crippen LogP contribution in [0.5, 0.6) is 0 Å². The van der Waals surface area contributed by atoms with E-state index in [2.05, 4.69) is 45.4 Å². The van der Waals surface area contributed by atoms with Gasteiger partial charge in [-0.25, -0.2) is 0 Å². The zero-order valence-electron chi connectivity index (χ0n) is 18.2. The third-order valence-electron chi connectivity index (χ3n) is 6.63. The fourth-order valence-corrected chi connectivity index (χ4v) is 4.90. The van der Waals surface area contributed by atoms with Crippen molar-refractivity contribution in [2.75, 3.05) is 32.7 Å². The summed E-state index contributed by atoms with van der Waals surface area (Å²) in [6.07, 6.45) is 5.41. The average Bonchev–Trinajstić information content (AvgIpc) is 3.19. The zero-order chi connectivity index (χ0) is 20.8. The normalized spacial score (nSPS) is 21.6. The second-order valence-electron chi connectivity index (χ2n) is 8.88. The fraction of sp³-hybridized carbons (Fsp3) is 0.560. The Morgan fingerprint density at radius 2 is 1.87 bits per heavy atom. The van der Waals surface area contributed by atoms with Crippen LogP contribution in [0.3, 0.4) is 0 Å². The molecule has 0 spiro atoms. The Kier molecular flexibility index (Phi) is 7.24. The van der Waals surface area contributed by atoms with Gasteiger partial charge >= 0.3 is 0 Å². The van der Waals surface area contributed by atoms with E-state index in [1.54, 1.807) is 0 Å². The molecule has 162 valence electrons. The lowest BCUT2D eigenvalue weighted by molar-refractivity contribution is -0.127. The lowest BCUT2D eigenvalue weighted by Crippen LogP contribution is -2.50. The van der Waals surface area contributed by atoms with Crippen LogP contribution in [0.15, 0.2) is 46.9 Å². The van der Waals surface area contributed by atoms with Gasteiger partial charge in [-0.3, -0.25) is 14.6 Å². The van der Waals surface area contributed by atoms with Gasteiger partial charge in [0.1, 0.15) is 11.5 Å². The third kappa shape index (κ3) is 5.73. The smallest absolute Gasteiger partial charge is 0.224 e. The minimum absolute atomic E-state index is 0.138. The Morgan fingerprint density at radius 1 is 1.07 bits per heavy atom. The van der Waals surface area contributed by atoms with Gasteiger partial charge in [0.05, 0.1) is 12.5 Å². The molecule has 1 aromatic heterocycles. The number of hydrogen-bond donors (Lipinski definition) is 1. The molecular formula is C25H35N3O2. The number of aryl methyl sites for hydroxylation is 1. The molecule has 30 heavy (non-hydrogen) atoms. The monoisotopic (exact) mass is 409 g/mol. The third-order valence-corrected chi connectivity index (χ3v) is 6.63. The lowest BCUT2D eigenvalue weighted by atomic mass is 9.93. The molecule has 1 atom stereocenters. The number of amides is 1. The molecule has 1 amide bonds. The maximum Gasteiger partial charge on any atom is 0.224 e.